The van der Waals surface area contributed by atoms with Crippen LogP contribution in [0.15, 0.2) is 0 Å². The number of aryl methyl sites for hydroxylation is 2. The summed E-state index contributed by atoms with van der Waals surface area (Å²) in [7, 11) is 1.83. The van der Waals surface area contributed by atoms with Crippen LogP contribution in [0.4, 0.5) is 8.78 Å². The Kier molecular flexibility index (Phi) is 5.10. The smallest absolute Gasteiger partial charge is 0.262 e. The van der Waals surface area contributed by atoms with Gasteiger partial charge in [-0.1, -0.05) is 0 Å². The normalized spacial score (nSPS) is 20.6. The van der Waals surface area contributed by atoms with Crippen molar-refractivity contribution in [2.24, 2.45) is 7.05 Å². The Morgan fingerprint density at radius 1 is 1.55 bits per heavy atom. The van der Waals surface area contributed by atoms with Gasteiger partial charge in [-0.15, -0.1) is 12.4 Å². The summed E-state index contributed by atoms with van der Waals surface area (Å²) in [5, 5.41) is 9.46. The maximum Gasteiger partial charge on any atom is 0.262 e. The number of nitrogens with zero attached hydrogens (tertiary/aromatic N) is 2. The van der Waals surface area contributed by atoms with Crippen molar-refractivity contribution in [3.63, 3.8) is 0 Å². The second-order valence-electron chi connectivity index (χ2n) is 4.98. The summed E-state index contributed by atoms with van der Waals surface area (Å²) in [6.45, 7) is 3.64. The van der Waals surface area contributed by atoms with Crippen molar-refractivity contribution in [2.45, 2.75) is 38.8 Å². The minimum absolute atomic E-state index is 0. The first-order chi connectivity index (χ1) is 8.80. The summed E-state index contributed by atoms with van der Waals surface area (Å²) in [5.41, 5.74) is 2.73. The molecule has 0 spiro atoms. The van der Waals surface area contributed by atoms with Gasteiger partial charge in [-0.2, -0.15) is 5.10 Å². The molecule has 8 heteroatoms. The van der Waals surface area contributed by atoms with Crippen molar-refractivity contribution >= 4 is 18.3 Å². The molecular weight excluding hydrogens is 290 g/mol. The molecule has 1 aliphatic rings. The largest absolute Gasteiger partial charge is 0.351 e. The molecule has 2 heterocycles. The van der Waals surface area contributed by atoms with Gasteiger partial charge in [-0.05, 0) is 13.8 Å². The van der Waals surface area contributed by atoms with E-state index in [-0.39, 0.29) is 18.3 Å². The first-order valence-electron chi connectivity index (χ1n) is 6.18. The Bertz CT molecular complexity index is 504. The van der Waals surface area contributed by atoms with E-state index in [9.17, 15) is 13.6 Å². The molecule has 5 nitrogen and oxygen atoms in total. The molecule has 1 atom stereocenters. The Morgan fingerprint density at radius 3 is 2.65 bits per heavy atom. The maximum atomic E-state index is 13.0. The van der Waals surface area contributed by atoms with Crippen LogP contribution in [0.1, 0.15) is 23.4 Å². The number of carbonyl (C=O) groups is 1. The maximum absolute atomic E-state index is 13.0. The molecule has 0 bridgehead atoms. The molecular formula is C12H19ClF2N4O. The van der Waals surface area contributed by atoms with Crippen LogP contribution in [0.25, 0.3) is 0 Å². The third kappa shape index (κ3) is 3.46. The average Bonchev–Trinajstić information content (AvgIpc) is 2.79. The Balaban J connectivity index is 0.00000200. The van der Waals surface area contributed by atoms with Gasteiger partial charge in [-0.25, -0.2) is 8.78 Å². The van der Waals surface area contributed by atoms with Gasteiger partial charge in [0.1, 0.15) is 0 Å². The molecule has 0 saturated carbocycles. The topological polar surface area (TPSA) is 59.0 Å². The van der Waals surface area contributed by atoms with Crippen LogP contribution in [-0.2, 0) is 18.4 Å². The number of alkyl halides is 2. The molecule has 0 aliphatic carbocycles. The summed E-state index contributed by atoms with van der Waals surface area (Å²) in [4.78, 5) is 11.8. The number of aromatic nitrogens is 2. The molecule has 0 aromatic carbocycles. The molecule has 2 N–H and O–H groups in total. The van der Waals surface area contributed by atoms with Gasteiger partial charge < -0.3 is 5.32 Å². The summed E-state index contributed by atoms with van der Waals surface area (Å²) in [6.07, 6.45) is -0.441. The fourth-order valence-electron chi connectivity index (χ4n) is 2.27. The van der Waals surface area contributed by atoms with Crippen LogP contribution in [0.2, 0.25) is 0 Å². The lowest BCUT2D eigenvalue weighted by Gasteiger charge is -2.11. The Labute approximate surface area is 122 Å². The molecule has 0 radical (unpaired) electrons. The van der Waals surface area contributed by atoms with E-state index in [1.54, 1.807) is 4.68 Å². The van der Waals surface area contributed by atoms with E-state index in [2.05, 4.69) is 15.7 Å². The zero-order chi connectivity index (χ0) is 14.2. The molecule has 20 heavy (non-hydrogen) atoms. The molecule has 1 aromatic rings. The summed E-state index contributed by atoms with van der Waals surface area (Å²) in [5.74, 6) is -3.18. The van der Waals surface area contributed by atoms with Crippen molar-refractivity contribution in [1.82, 2.24) is 20.4 Å². The minimum atomic E-state index is -2.79. The van der Waals surface area contributed by atoms with Crippen LogP contribution in [-0.4, -0.2) is 34.2 Å². The van der Waals surface area contributed by atoms with Crippen molar-refractivity contribution in [3.8, 4) is 0 Å². The number of carbonyl (C=O) groups excluding carboxylic acids is 1. The fourth-order valence-corrected chi connectivity index (χ4v) is 2.27. The predicted octanol–water partition coefficient (Wildman–Crippen LogP) is 1.07. The van der Waals surface area contributed by atoms with E-state index < -0.39 is 24.9 Å². The van der Waals surface area contributed by atoms with E-state index in [1.165, 1.54) is 0 Å². The van der Waals surface area contributed by atoms with Gasteiger partial charge in [0.05, 0.1) is 18.3 Å². The highest BCUT2D eigenvalue weighted by atomic mass is 35.5. The van der Waals surface area contributed by atoms with E-state index >= 15 is 0 Å². The second kappa shape index (κ2) is 6.05. The molecule has 1 aromatic heterocycles. The van der Waals surface area contributed by atoms with E-state index in [1.807, 2.05) is 20.9 Å². The lowest BCUT2D eigenvalue weighted by molar-refractivity contribution is -0.123. The monoisotopic (exact) mass is 308 g/mol. The van der Waals surface area contributed by atoms with Gasteiger partial charge in [-0.3, -0.25) is 14.8 Å². The van der Waals surface area contributed by atoms with Gasteiger partial charge >= 0.3 is 0 Å². The molecule has 2 rings (SSSR count). The predicted molar refractivity (Wildman–Crippen MR) is 73.1 cm³/mol. The number of rotatable bonds is 3. The van der Waals surface area contributed by atoms with Crippen LogP contribution in [0.5, 0.6) is 0 Å². The second-order valence-corrected chi connectivity index (χ2v) is 4.98. The molecule has 114 valence electrons. The van der Waals surface area contributed by atoms with Crippen molar-refractivity contribution in [2.75, 3.05) is 6.54 Å². The van der Waals surface area contributed by atoms with Gasteiger partial charge in [0.15, 0.2) is 0 Å². The third-order valence-corrected chi connectivity index (χ3v) is 3.52. The lowest BCUT2D eigenvalue weighted by Crippen LogP contribution is -2.40. The average molecular weight is 309 g/mol. The SMILES string of the molecule is Cc1nn(C)c(C)c1CNC(=O)C1CC(F)(F)CN1.Cl. The lowest BCUT2D eigenvalue weighted by atomic mass is 10.1. The third-order valence-electron chi connectivity index (χ3n) is 3.52. The zero-order valence-electron chi connectivity index (χ0n) is 11.7. The molecule has 1 fully saturated rings. The van der Waals surface area contributed by atoms with Gasteiger partial charge in [0.25, 0.3) is 5.92 Å². The Morgan fingerprint density at radius 2 is 2.20 bits per heavy atom. The summed E-state index contributed by atoms with van der Waals surface area (Å²) < 4.78 is 27.7. The number of nitrogens with one attached hydrogen (secondary N) is 2. The van der Waals surface area contributed by atoms with Crippen LogP contribution in [0.3, 0.4) is 0 Å². The fraction of sp³-hybridized carbons (Fsp3) is 0.667. The quantitative estimate of drug-likeness (QED) is 0.878. The number of halogens is 3. The molecule has 1 saturated heterocycles. The molecule has 1 unspecified atom stereocenters. The van der Waals surface area contributed by atoms with E-state index in [4.69, 9.17) is 0 Å². The summed E-state index contributed by atoms with van der Waals surface area (Å²) in [6, 6.07) is -0.813. The minimum Gasteiger partial charge on any atom is -0.351 e. The molecule has 1 aliphatic heterocycles. The first-order valence-corrected chi connectivity index (χ1v) is 6.18. The number of amides is 1. The van der Waals surface area contributed by atoms with Gasteiger partial charge in [0, 0.05) is 31.3 Å². The van der Waals surface area contributed by atoms with Crippen molar-refractivity contribution in [3.05, 3.63) is 17.0 Å². The Hall–Kier alpha value is -1.21. The molecule has 1 amide bonds. The first kappa shape index (κ1) is 16.8. The van der Waals surface area contributed by atoms with Crippen LogP contribution in [0, 0.1) is 13.8 Å². The zero-order valence-corrected chi connectivity index (χ0v) is 12.5. The number of hydrogen-bond acceptors (Lipinski definition) is 3. The highest BCUT2D eigenvalue weighted by Gasteiger charge is 2.42. The van der Waals surface area contributed by atoms with E-state index in [0.29, 0.717) is 6.54 Å². The summed E-state index contributed by atoms with van der Waals surface area (Å²) >= 11 is 0. The van der Waals surface area contributed by atoms with Gasteiger partial charge in [0.2, 0.25) is 5.91 Å². The highest BCUT2D eigenvalue weighted by Crippen LogP contribution is 2.25. The van der Waals surface area contributed by atoms with Crippen molar-refractivity contribution < 1.29 is 13.6 Å². The van der Waals surface area contributed by atoms with Crippen LogP contribution < -0.4 is 10.6 Å². The highest BCUT2D eigenvalue weighted by molar-refractivity contribution is 5.85. The number of hydrogen-bond donors (Lipinski definition) is 2. The van der Waals surface area contributed by atoms with Crippen molar-refractivity contribution in [1.29, 1.82) is 0 Å². The van der Waals surface area contributed by atoms with Crippen LogP contribution >= 0.6 is 12.4 Å². The standard InChI is InChI=1S/C12H18F2N4O.ClH/c1-7-9(8(2)18(3)17-7)5-15-11(19)10-4-12(13,14)6-16-10;/h10,16H,4-6H2,1-3H3,(H,15,19);1H. The van der Waals surface area contributed by atoms with E-state index in [0.717, 1.165) is 17.0 Å².